The number of ether oxygens (including phenoxy) is 2. The number of nitrogens with zero attached hydrogens (tertiary/aromatic N) is 2. The van der Waals surface area contributed by atoms with Gasteiger partial charge in [-0.15, -0.1) is 0 Å². The van der Waals surface area contributed by atoms with E-state index in [4.69, 9.17) is 21.1 Å². The van der Waals surface area contributed by atoms with Gasteiger partial charge in [-0.1, -0.05) is 31.5 Å². The van der Waals surface area contributed by atoms with Crippen LogP contribution in [0.15, 0.2) is 48.2 Å². The van der Waals surface area contributed by atoms with Crippen molar-refractivity contribution < 1.29 is 19.1 Å². The van der Waals surface area contributed by atoms with Crippen molar-refractivity contribution in [1.82, 2.24) is 4.90 Å². The topological polar surface area (TPSA) is 59.1 Å². The van der Waals surface area contributed by atoms with Gasteiger partial charge < -0.3 is 14.4 Å². The zero-order chi connectivity index (χ0) is 23.0. The van der Waals surface area contributed by atoms with E-state index in [9.17, 15) is 9.59 Å². The van der Waals surface area contributed by atoms with Crippen LogP contribution in [0.4, 0.5) is 5.69 Å². The smallest absolute Gasteiger partial charge is 0.282 e. The molecule has 2 atom stereocenters. The Morgan fingerprint density at radius 2 is 1.50 bits per heavy atom. The van der Waals surface area contributed by atoms with E-state index in [-0.39, 0.29) is 11.8 Å². The minimum atomic E-state index is -0.356. The second-order valence-corrected chi connectivity index (χ2v) is 9.00. The molecule has 0 aromatic heterocycles. The molecule has 2 aromatic rings. The molecule has 4 rings (SSSR count). The maximum Gasteiger partial charge on any atom is 0.282 e. The van der Waals surface area contributed by atoms with Gasteiger partial charge in [0.1, 0.15) is 5.70 Å². The van der Waals surface area contributed by atoms with Crippen molar-refractivity contribution in [2.45, 2.75) is 20.3 Å². The number of rotatable bonds is 5. The van der Waals surface area contributed by atoms with Crippen LogP contribution in [0.1, 0.15) is 25.8 Å². The molecule has 2 amide bonds. The number of hydrogen-bond donors (Lipinski definition) is 0. The van der Waals surface area contributed by atoms with E-state index < -0.39 is 0 Å². The van der Waals surface area contributed by atoms with Gasteiger partial charge in [0.15, 0.2) is 11.5 Å². The molecule has 0 spiro atoms. The zero-order valence-corrected chi connectivity index (χ0v) is 19.5. The molecule has 6 nitrogen and oxygen atoms in total. The Morgan fingerprint density at radius 3 is 2.09 bits per heavy atom. The molecular formula is C25H27ClN2O4. The highest BCUT2D eigenvalue weighted by Gasteiger charge is 2.43. The van der Waals surface area contributed by atoms with Crippen LogP contribution in [-0.2, 0) is 9.59 Å². The number of benzene rings is 2. The molecule has 0 aliphatic carbocycles. The van der Waals surface area contributed by atoms with Crippen LogP contribution in [0.5, 0.6) is 11.5 Å². The first-order valence-corrected chi connectivity index (χ1v) is 11.1. The molecule has 2 aliphatic rings. The summed E-state index contributed by atoms with van der Waals surface area (Å²) < 4.78 is 10.8. The summed E-state index contributed by atoms with van der Waals surface area (Å²) in [6.07, 6.45) is 1.10. The van der Waals surface area contributed by atoms with E-state index in [1.54, 1.807) is 56.7 Å². The predicted molar refractivity (Wildman–Crippen MR) is 125 cm³/mol. The number of piperidine rings is 1. The van der Waals surface area contributed by atoms with Gasteiger partial charge in [-0.3, -0.25) is 9.59 Å². The zero-order valence-electron chi connectivity index (χ0n) is 18.7. The van der Waals surface area contributed by atoms with E-state index in [2.05, 4.69) is 18.7 Å². The molecule has 0 radical (unpaired) electrons. The number of likely N-dealkylation sites (tertiary alicyclic amines) is 1. The highest BCUT2D eigenvalue weighted by Crippen LogP contribution is 2.39. The van der Waals surface area contributed by atoms with Crippen LogP contribution in [0.3, 0.4) is 0 Å². The van der Waals surface area contributed by atoms with Crippen LogP contribution < -0.4 is 14.4 Å². The number of amides is 2. The van der Waals surface area contributed by atoms with Crippen molar-refractivity contribution >= 4 is 34.7 Å². The fourth-order valence-electron chi connectivity index (χ4n) is 4.73. The quantitative estimate of drug-likeness (QED) is 0.617. The molecule has 7 heteroatoms. The third-order valence-electron chi connectivity index (χ3n) is 6.00. The second-order valence-electron chi connectivity index (χ2n) is 8.57. The summed E-state index contributed by atoms with van der Waals surface area (Å²) in [5.74, 6) is 1.23. The largest absolute Gasteiger partial charge is 0.493 e. The average molecular weight is 455 g/mol. The van der Waals surface area contributed by atoms with Gasteiger partial charge in [-0.2, -0.15) is 0 Å². The van der Waals surface area contributed by atoms with Crippen molar-refractivity contribution in [1.29, 1.82) is 0 Å². The lowest BCUT2D eigenvalue weighted by atomic mass is 9.91. The fourth-order valence-corrected chi connectivity index (χ4v) is 4.86. The number of hydrogen-bond acceptors (Lipinski definition) is 5. The highest BCUT2D eigenvalue weighted by atomic mass is 35.5. The Balaban J connectivity index is 1.86. The molecule has 0 saturated carbocycles. The summed E-state index contributed by atoms with van der Waals surface area (Å²) >= 11 is 6.03. The lowest BCUT2D eigenvalue weighted by molar-refractivity contribution is -0.120. The molecule has 1 fully saturated rings. The van der Waals surface area contributed by atoms with Crippen LogP contribution >= 0.6 is 11.6 Å². The van der Waals surface area contributed by atoms with Gasteiger partial charge in [0.25, 0.3) is 11.8 Å². The Bertz CT molecular complexity index is 1070. The molecule has 168 valence electrons. The molecule has 32 heavy (non-hydrogen) atoms. The van der Waals surface area contributed by atoms with Crippen LogP contribution in [0, 0.1) is 11.8 Å². The molecule has 1 saturated heterocycles. The number of carbonyl (C=O) groups excluding carboxylic acids is 2. The van der Waals surface area contributed by atoms with Crippen LogP contribution in [0.2, 0.25) is 5.02 Å². The summed E-state index contributed by atoms with van der Waals surface area (Å²) in [4.78, 5) is 30.7. The third kappa shape index (κ3) is 3.95. The van der Waals surface area contributed by atoms with E-state index in [0.717, 1.165) is 19.5 Å². The second kappa shape index (κ2) is 8.87. The Labute approximate surface area is 193 Å². The molecular weight excluding hydrogens is 428 g/mol. The summed E-state index contributed by atoms with van der Waals surface area (Å²) in [7, 11) is 3.11. The van der Waals surface area contributed by atoms with Crippen molar-refractivity contribution in [2.24, 2.45) is 11.8 Å². The minimum absolute atomic E-state index is 0.316. The van der Waals surface area contributed by atoms with E-state index in [0.29, 0.717) is 50.9 Å². The molecule has 2 heterocycles. The van der Waals surface area contributed by atoms with Crippen molar-refractivity contribution in [2.75, 3.05) is 32.2 Å². The molecule has 0 N–H and O–H groups in total. The lowest BCUT2D eigenvalue weighted by Crippen LogP contribution is -2.42. The summed E-state index contributed by atoms with van der Waals surface area (Å²) in [5, 5.41) is 0.542. The van der Waals surface area contributed by atoms with Crippen molar-refractivity contribution in [3.05, 3.63) is 58.7 Å². The summed E-state index contributed by atoms with van der Waals surface area (Å²) in [6.45, 7) is 5.81. The highest BCUT2D eigenvalue weighted by molar-refractivity contribution is 6.45. The van der Waals surface area contributed by atoms with E-state index in [1.807, 2.05) is 0 Å². The van der Waals surface area contributed by atoms with Gasteiger partial charge in [0.2, 0.25) is 0 Å². The Morgan fingerprint density at radius 1 is 0.875 bits per heavy atom. The van der Waals surface area contributed by atoms with Crippen molar-refractivity contribution in [3.8, 4) is 11.5 Å². The number of imide groups is 1. The molecule has 2 aliphatic heterocycles. The normalized spacial score (nSPS) is 21.4. The minimum Gasteiger partial charge on any atom is -0.493 e. The molecule has 2 unspecified atom stereocenters. The van der Waals surface area contributed by atoms with E-state index in [1.165, 1.54) is 4.90 Å². The standard InChI is InChI=1S/C25H27ClN2O4/c1-15-11-16(2)14-27(13-15)23-22(17-5-10-20(31-3)21(12-17)32-4)24(29)28(25(23)30)19-8-6-18(26)7-9-19/h5-10,12,15-16H,11,13-14H2,1-4H3. The molecule has 0 bridgehead atoms. The number of carbonyl (C=O) groups is 2. The lowest BCUT2D eigenvalue weighted by Gasteiger charge is -2.37. The van der Waals surface area contributed by atoms with Crippen molar-refractivity contribution in [3.63, 3.8) is 0 Å². The fraction of sp³-hybridized carbons (Fsp3) is 0.360. The number of halogens is 1. The van der Waals surface area contributed by atoms with Gasteiger partial charge in [0, 0.05) is 18.1 Å². The Kier molecular flexibility index (Phi) is 6.15. The Hall–Kier alpha value is -2.99. The number of methoxy groups -OCH3 is 2. The SMILES string of the molecule is COc1ccc(C2=C(N3CC(C)CC(C)C3)C(=O)N(c3ccc(Cl)cc3)C2=O)cc1OC. The van der Waals surface area contributed by atoms with Gasteiger partial charge in [0.05, 0.1) is 25.5 Å². The maximum atomic E-state index is 13.7. The van der Waals surface area contributed by atoms with Crippen LogP contribution in [0.25, 0.3) is 5.57 Å². The van der Waals surface area contributed by atoms with Crippen LogP contribution in [-0.4, -0.2) is 44.0 Å². The molecule has 2 aromatic carbocycles. The first-order valence-electron chi connectivity index (χ1n) is 10.7. The average Bonchev–Trinajstić information content (AvgIpc) is 3.03. The monoisotopic (exact) mass is 454 g/mol. The number of anilines is 1. The predicted octanol–water partition coefficient (Wildman–Crippen LogP) is 4.62. The maximum absolute atomic E-state index is 13.7. The van der Waals surface area contributed by atoms with Gasteiger partial charge >= 0.3 is 0 Å². The third-order valence-corrected chi connectivity index (χ3v) is 6.25. The van der Waals surface area contributed by atoms with Gasteiger partial charge in [-0.05, 0) is 60.2 Å². The first kappa shape index (κ1) is 22.2. The van der Waals surface area contributed by atoms with Gasteiger partial charge in [-0.25, -0.2) is 4.90 Å². The summed E-state index contributed by atoms with van der Waals surface area (Å²) in [5.41, 5.74) is 1.94. The first-order chi connectivity index (χ1) is 15.3. The van der Waals surface area contributed by atoms with E-state index >= 15 is 0 Å². The summed E-state index contributed by atoms with van der Waals surface area (Å²) in [6, 6.07) is 12.0.